The van der Waals surface area contributed by atoms with Crippen LogP contribution in [0.5, 0.6) is 11.6 Å². The highest BCUT2D eigenvalue weighted by Crippen LogP contribution is 2.32. The average molecular weight is 405 g/mol. The van der Waals surface area contributed by atoms with Crippen LogP contribution in [0.1, 0.15) is 22.9 Å². The lowest BCUT2D eigenvalue weighted by Crippen LogP contribution is -2.87. The van der Waals surface area contributed by atoms with E-state index in [4.69, 9.17) is 4.74 Å². The highest BCUT2D eigenvalue weighted by molar-refractivity contribution is 5.85. The molecule has 0 fully saturated rings. The van der Waals surface area contributed by atoms with Gasteiger partial charge in [-0.2, -0.15) is 0 Å². The number of methoxy groups -OCH3 is 1. The van der Waals surface area contributed by atoms with Crippen LogP contribution in [0.25, 0.3) is 16.6 Å². The lowest BCUT2D eigenvalue weighted by Gasteiger charge is -2.22. The van der Waals surface area contributed by atoms with Crippen LogP contribution in [0.2, 0.25) is 0 Å². The molecule has 0 saturated heterocycles. The zero-order valence-corrected chi connectivity index (χ0v) is 16.3. The summed E-state index contributed by atoms with van der Waals surface area (Å²) in [6.07, 6.45) is 0.851. The number of nitrogens with one attached hydrogen (secondary N) is 2. The number of rotatable bonds is 3. The van der Waals surface area contributed by atoms with E-state index < -0.39 is 17.3 Å². The number of nitrogens with zero attached hydrogens (tertiary/aromatic N) is 1. The number of hydrogen-bond donors (Lipinski definition) is 4. The first kappa shape index (κ1) is 18.3. The van der Waals surface area contributed by atoms with Gasteiger partial charge in [-0.1, -0.05) is 24.3 Å². The van der Waals surface area contributed by atoms with Gasteiger partial charge < -0.3 is 20.1 Å². The molecule has 0 unspecified atom stereocenters. The number of benzene rings is 2. The second-order valence-electron chi connectivity index (χ2n) is 7.35. The zero-order chi connectivity index (χ0) is 20.8. The zero-order valence-electron chi connectivity index (χ0n) is 16.3. The number of nitrogens with two attached hydrogens (primary N) is 1. The summed E-state index contributed by atoms with van der Waals surface area (Å²) in [7, 11) is 1.52. The van der Waals surface area contributed by atoms with E-state index in [-0.39, 0.29) is 11.4 Å². The minimum Gasteiger partial charge on any atom is -0.497 e. The Bertz CT molecular complexity index is 1380. The molecular weight excluding hydrogens is 384 g/mol. The molecule has 8 heteroatoms. The van der Waals surface area contributed by atoms with Crippen LogP contribution in [0.4, 0.5) is 0 Å². The van der Waals surface area contributed by atoms with E-state index in [1.807, 2.05) is 29.6 Å². The second kappa shape index (κ2) is 6.93. The van der Waals surface area contributed by atoms with Crippen LogP contribution < -0.4 is 21.3 Å². The first-order valence-corrected chi connectivity index (χ1v) is 9.74. The van der Waals surface area contributed by atoms with Crippen molar-refractivity contribution in [3.05, 3.63) is 86.2 Å². The Balaban J connectivity index is 1.73. The fraction of sp³-hybridized carbons (Fsp3) is 0.182. The van der Waals surface area contributed by atoms with E-state index >= 15 is 0 Å². The Morgan fingerprint density at radius 2 is 1.97 bits per heavy atom. The second-order valence-corrected chi connectivity index (χ2v) is 7.35. The number of aromatic amines is 2. The first-order valence-electron chi connectivity index (χ1n) is 9.74. The fourth-order valence-corrected chi connectivity index (χ4v) is 4.34. The van der Waals surface area contributed by atoms with Gasteiger partial charge in [0.15, 0.2) is 6.04 Å². The predicted octanol–water partition coefficient (Wildman–Crippen LogP) is 0.930. The van der Waals surface area contributed by atoms with Crippen molar-refractivity contribution in [3.63, 3.8) is 0 Å². The van der Waals surface area contributed by atoms with E-state index in [1.54, 1.807) is 24.3 Å². The van der Waals surface area contributed by atoms with Gasteiger partial charge in [-0.3, -0.25) is 9.78 Å². The molecular formula is C22H21N4O4+. The summed E-state index contributed by atoms with van der Waals surface area (Å²) in [5.74, 6) is 0.165. The molecule has 30 heavy (non-hydrogen) atoms. The van der Waals surface area contributed by atoms with Crippen molar-refractivity contribution in [2.75, 3.05) is 13.7 Å². The molecule has 5 rings (SSSR count). The van der Waals surface area contributed by atoms with Crippen molar-refractivity contribution >= 4 is 10.9 Å². The molecule has 2 aromatic carbocycles. The Labute approximate surface area is 170 Å². The number of aromatic hydroxyl groups is 1. The number of hydrogen-bond acceptors (Lipinski definition) is 4. The van der Waals surface area contributed by atoms with Gasteiger partial charge in [0, 0.05) is 23.4 Å². The van der Waals surface area contributed by atoms with Crippen LogP contribution in [0.3, 0.4) is 0 Å². The molecule has 152 valence electrons. The largest absolute Gasteiger partial charge is 0.497 e. The number of quaternary nitrogens is 1. The molecule has 0 amide bonds. The molecule has 0 aliphatic carbocycles. The average Bonchev–Trinajstić information content (AvgIpc) is 3.13. The minimum absolute atomic E-state index is 0.143. The first-order chi connectivity index (χ1) is 14.6. The van der Waals surface area contributed by atoms with Crippen molar-refractivity contribution < 1.29 is 15.2 Å². The minimum atomic E-state index is -0.706. The molecule has 0 saturated carbocycles. The summed E-state index contributed by atoms with van der Waals surface area (Å²) in [5, 5.41) is 14.2. The van der Waals surface area contributed by atoms with E-state index in [9.17, 15) is 14.7 Å². The summed E-state index contributed by atoms with van der Waals surface area (Å²) in [6, 6.07) is 14.3. The van der Waals surface area contributed by atoms with Crippen LogP contribution in [-0.2, 0) is 6.42 Å². The van der Waals surface area contributed by atoms with E-state index in [1.165, 1.54) is 7.11 Å². The number of H-pyrrole nitrogens is 2. The van der Waals surface area contributed by atoms with Crippen LogP contribution in [-0.4, -0.2) is 33.3 Å². The maximum Gasteiger partial charge on any atom is 0.335 e. The van der Waals surface area contributed by atoms with Crippen molar-refractivity contribution in [2.45, 2.75) is 12.5 Å². The van der Waals surface area contributed by atoms with Crippen molar-refractivity contribution in [3.8, 4) is 17.3 Å². The highest BCUT2D eigenvalue weighted by atomic mass is 16.5. The Morgan fingerprint density at radius 3 is 2.80 bits per heavy atom. The van der Waals surface area contributed by atoms with Gasteiger partial charge in [-0.25, -0.2) is 9.36 Å². The standard InChI is InChI=1S/C22H20N4O4/c1-30-13-6-4-5-12(11-13)26-21(28)17(20(27)25-22(26)29)19-18-15(9-10-23-19)14-7-2-3-8-16(14)24-18/h2-8,11,19,23-24,28H,9-10H2,1H3,(H,25,27,29)/p+1/t19-/m0/s1. The third-order valence-corrected chi connectivity index (χ3v) is 5.70. The quantitative estimate of drug-likeness (QED) is 0.406. The molecule has 1 atom stereocenters. The Morgan fingerprint density at radius 1 is 1.13 bits per heavy atom. The molecule has 0 spiro atoms. The Kier molecular flexibility index (Phi) is 4.22. The van der Waals surface area contributed by atoms with E-state index in [0.717, 1.165) is 39.7 Å². The number of para-hydroxylation sites is 1. The van der Waals surface area contributed by atoms with Gasteiger partial charge in [0.25, 0.3) is 5.56 Å². The molecule has 1 aliphatic heterocycles. The van der Waals surface area contributed by atoms with Gasteiger partial charge in [0.2, 0.25) is 5.88 Å². The van der Waals surface area contributed by atoms with Crippen LogP contribution in [0, 0.1) is 0 Å². The molecule has 2 aromatic heterocycles. The number of ether oxygens (including phenoxy) is 1. The van der Waals surface area contributed by atoms with Gasteiger partial charge in [-0.15, -0.1) is 0 Å². The highest BCUT2D eigenvalue weighted by Gasteiger charge is 2.34. The third kappa shape index (κ3) is 2.73. The number of aromatic nitrogens is 3. The third-order valence-electron chi connectivity index (χ3n) is 5.70. The molecule has 3 heterocycles. The van der Waals surface area contributed by atoms with E-state index in [2.05, 4.69) is 9.97 Å². The van der Waals surface area contributed by atoms with Crippen LogP contribution in [0.15, 0.2) is 58.1 Å². The van der Waals surface area contributed by atoms with Crippen molar-refractivity contribution in [1.82, 2.24) is 14.5 Å². The molecule has 1 aliphatic rings. The van der Waals surface area contributed by atoms with Gasteiger partial charge >= 0.3 is 5.69 Å². The molecule has 8 nitrogen and oxygen atoms in total. The summed E-state index contributed by atoms with van der Waals surface area (Å²) >= 11 is 0. The van der Waals surface area contributed by atoms with Crippen LogP contribution >= 0.6 is 0 Å². The summed E-state index contributed by atoms with van der Waals surface area (Å²) in [5.41, 5.74) is 2.24. The summed E-state index contributed by atoms with van der Waals surface area (Å²) in [4.78, 5) is 31.1. The SMILES string of the molecule is COc1cccc(-n2c(O)c([C@@H]3[NH2+]CCc4c3[nH]c3ccccc43)c(=O)[nH]c2=O)c1. The molecule has 5 N–H and O–H groups in total. The molecule has 0 bridgehead atoms. The smallest absolute Gasteiger partial charge is 0.335 e. The lowest BCUT2D eigenvalue weighted by molar-refractivity contribution is -0.690. The maximum atomic E-state index is 12.8. The predicted molar refractivity (Wildman–Crippen MR) is 112 cm³/mol. The monoisotopic (exact) mass is 405 g/mol. The van der Waals surface area contributed by atoms with Crippen molar-refractivity contribution in [2.24, 2.45) is 0 Å². The maximum absolute atomic E-state index is 12.8. The topological polar surface area (TPSA) is 117 Å². The van der Waals surface area contributed by atoms with Gasteiger partial charge in [0.05, 0.1) is 25.0 Å². The summed E-state index contributed by atoms with van der Waals surface area (Å²) < 4.78 is 6.33. The van der Waals surface area contributed by atoms with E-state index in [0.29, 0.717) is 11.4 Å². The van der Waals surface area contributed by atoms with Gasteiger partial charge in [-0.05, 0) is 23.8 Å². The van der Waals surface area contributed by atoms with Gasteiger partial charge in [0.1, 0.15) is 11.3 Å². The normalized spacial score (nSPS) is 15.8. The lowest BCUT2D eigenvalue weighted by atomic mass is 9.95. The number of fused-ring (bicyclic) bond motifs is 3. The molecule has 4 aromatic rings. The Hall–Kier alpha value is -3.78. The molecule has 0 radical (unpaired) electrons. The fourth-order valence-electron chi connectivity index (χ4n) is 4.34. The summed E-state index contributed by atoms with van der Waals surface area (Å²) in [6.45, 7) is 0.761. The van der Waals surface area contributed by atoms with Crippen molar-refractivity contribution in [1.29, 1.82) is 0 Å².